The predicted molar refractivity (Wildman–Crippen MR) is 107 cm³/mol. The molecule has 2 N–H and O–H groups in total. The molecule has 4 aromatic rings. The van der Waals surface area contributed by atoms with E-state index >= 15 is 0 Å². The summed E-state index contributed by atoms with van der Waals surface area (Å²) in [5, 5.41) is 11.9. The van der Waals surface area contributed by atoms with E-state index in [0.29, 0.717) is 23.2 Å². The number of nitrogens with one attached hydrogen (secondary N) is 1. The van der Waals surface area contributed by atoms with Crippen LogP contribution in [-0.4, -0.2) is 25.9 Å². The Labute approximate surface area is 162 Å². The first-order valence-corrected chi connectivity index (χ1v) is 9.22. The predicted octanol–water partition coefficient (Wildman–Crippen LogP) is 3.72. The molecule has 0 radical (unpaired) electrons. The zero-order chi connectivity index (χ0) is 19.3. The quantitative estimate of drug-likeness (QED) is 0.578. The lowest BCUT2D eigenvalue weighted by Gasteiger charge is -2.35. The van der Waals surface area contributed by atoms with Gasteiger partial charge in [-0.1, -0.05) is 54.6 Å². The fourth-order valence-corrected chi connectivity index (χ4v) is 4.03. The summed E-state index contributed by atoms with van der Waals surface area (Å²) in [5.41, 5.74) is 2.85. The van der Waals surface area contributed by atoms with Gasteiger partial charge in [0.1, 0.15) is 5.82 Å². The standard InChI is InChI=1S/C23H19N3O2/c1-15-24-20-12-11-17(13-21(20)25-15)23(28)19-10-6-5-9-18(19)22(27)26(23)14-16-7-3-2-4-8-16/h2-13,28H,14H2,1H3,(H,24,25). The summed E-state index contributed by atoms with van der Waals surface area (Å²) >= 11 is 0. The van der Waals surface area contributed by atoms with E-state index in [-0.39, 0.29) is 5.91 Å². The van der Waals surface area contributed by atoms with Gasteiger partial charge in [0.25, 0.3) is 5.91 Å². The molecule has 1 amide bonds. The maximum Gasteiger partial charge on any atom is 0.257 e. The van der Waals surface area contributed by atoms with E-state index < -0.39 is 5.72 Å². The lowest BCUT2D eigenvalue weighted by atomic mass is 9.93. The Bertz CT molecular complexity index is 1200. The van der Waals surface area contributed by atoms with E-state index in [0.717, 1.165) is 22.4 Å². The Morgan fingerprint density at radius 3 is 2.61 bits per heavy atom. The van der Waals surface area contributed by atoms with Crippen LogP contribution in [0.1, 0.15) is 32.9 Å². The summed E-state index contributed by atoms with van der Waals surface area (Å²) in [7, 11) is 0. The molecule has 0 bridgehead atoms. The van der Waals surface area contributed by atoms with Crippen molar-refractivity contribution in [2.45, 2.75) is 19.2 Å². The average Bonchev–Trinajstić information content (AvgIpc) is 3.19. The Morgan fingerprint density at radius 1 is 1.04 bits per heavy atom. The number of carbonyl (C=O) groups excluding carboxylic acids is 1. The molecule has 28 heavy (non-hydrogen) atoms. The Kier molecular flexibility index (Phi) is 3.60. The first-order chi connectivity index (χ1) is 13.6. The number of nitrogens with zero attached hydrogens (tertiary/aromatic N) is 2. The smallest absolute Gasteiger partial charge is 0.257 e. The average molecular weight is 369 g/mol. The summed E-state index contributed by atoms with van der Waals surface area (Å²) in [6, 6.07) is 22.6. The number of imidazole rings is 1. The summed E-state index contributed by atoms with van der Waals surface area (Å²) in [6.07, 6.45) is 0. The third-order valence-electron chi connectivity index (χ3n) is 5.36. The molecule has 5 nitrogen and oxygen atoms in total. The highest BCUT2D eigenvalue weighted by Crippen LogP contribution is 2.43. The Balaban J connectivity index is 1.70. The number of aromatic nitrogens is 2. The number of hydrogen-bond donors (Lipinski definition) is 2. The van der Waals surface area contributed by atoms with Gasteiger partial charge in [-0.05, 0) is 30.7 Å². The normalized spacial score (nSPS) is 18.6. The molecule has 1 aromatic heterocycles. The molecule has 138 valence electrons. The molecule has 1 aliphatic rings. The van der Waals surface area contributed by atoms with Crippen LogP contribution in [0.15, 0.2) is 72.8 Å². The molecule has 5 rings (SSSR count). The molecule has 3 aromatic carbocycles. The van der Waals surface area contributed by atoms with Crippen LogP contribution in [0, 0.1) is 6.92 Å². The van der Waals surface area contributed by atoms with Crippen LogP contribution in [-0.2, 0) is 12.3 Å². The second kappa shape index (κ2) is 6.04. The molecular formula is C23H19N3O2. The maximum atomic E-state index is 13.2. The summed E-state index contributed by atoms with van der Waals surface area (Å²) < 4.78 is 0. The summed E-state index contributed by atoms with van der Waals surface area (Å²) in [6.45, 7) is 2.20. The van der Waals surface area contributed by atoms with Crippen LogP contribution < -0.4 is 0 Å². The van der Waals surface area contributed by atoms with Gasteiger partial charge < -0.3 is 10.1 Å². The van der Waals surface area contributed by atoms with Crippen molar-refractivity contribution < 1.29 is 9.90 Å². The second-order valence-corrected chi connectivity index (χ2v) is 7.15. The number of aliphatic hydroxyl groups is 1. The van der Waals surface area contributed by atoms with E-state index in [1.165, 1.54) is 4.90 Å². The molecule has 0 fully saturated rings. The van der Waals surface area contributed by atoms with Crippen LogP contribution in [0.4, 0.5) is 0 Å². The topological polar surface area (TPSA) is 69.2 Å². The molecule has 0 saturated heterocycles. The number of benzene rings is 3. The van der Waals surface area contributed by atoms with E-state index in [1.54, 1.807) is 6.07 Å². The van der Waals surface area contributed by atoms with Gasteiger partial charge in [-0.15, -0.1) is 0 Å². The number of aryl methyl sites for hydroxylation is 1. The zero-order valence-corrected chi connectivity index (χ0v) is 15.4. The Hall–Kier alpha value is -3.44. The van der Waals surface area contributed by atoms with Crippen LogP contribution in [0.5, 0.6) is 0 Å². The van der Waals surface area contributed by atoms with Gasteiger partial charge in [0.05, 0.1) is 11.0 Å². The number of H-pyrrole nitrogens is 1. The minimum Gasteiger partial charge on any atom is -0.363 e. The highest BCUT2D eigenvalue weighted by molar-refractivity contribution is 6.00. The van der Waals surface area contributed by atoms with Gasteiger partial charge in [0.2, 0.25) is 0 Å². The lowest BCUT2D eigenvalue weighted by Crippen LogP contribution is -2.44. The highest BCUT2D eigenvalue weighted by Gasteiger charge is 2.49. The van der Waals surface area contributed by atoms with Crippen molar-refractivity contribution in [2.75, 3.05) is 0 Å². The minimum atomic E-state index is -1.54. The first kappa shape index (κ1) is 16.7. The molecular weight excluding hydrogens is 350 g/mol. The van der Waals surface area contributed by atoms with Crippen molar-refractivity contribution in [3.8, 4) is 0 Å². The molecule has 0 spiro atoms. The van der Waals surface area contributed by atoms with Crippen molar-refractivity contribution in [3.63, 3.8) is 0 Å². The fourth-order valence-electron chi connectivity index (χ4n) is 4.03. The van der Waals surface area contributed by atoms with E-state index in [9.17, 15) is 9.90 Å². The van der Waals surface area contributed by atoms with Crippen LogP contribution >= 0.6 is 0 Å². The number of hydrogen-bond acceptors (Lipinski definition) is 3. The maximum absolute atomic E-state index is 13.2. The van der Waals surface area contributed by atoms with Crippen molar-refractivity contribution >= 4 is 16.9 Å². The zero-order valence-electron chi connectivity index (χ0n) is 15.4. The molecule has 1 atom stereocenters. The first-order valence-electron chi connectivity index (χ1n) is 9.22. The highest BCUT2D eigenvalue weighted by atomic mass is 16.3. The molecule has 1 aliphatic heterocycles. The molecule has 1 unspecified atom stereocenters. The number of rotatable bonds is 3. The van der Waals surface area contributed by atoms with Crippen molar-refractivity contribution in [3.05, 3.63) is 101 Å². The fraction of sp³-hybridized carbons (Fsp3) is 0.130. The minimum absolute atomic E-state index is 0.178. The number of carbonyl (C=O) groups is 1. The summed E-state index contributed by atoms with van der Waals surface area (Å²) in [4.78, 5) is 22.4. The monoisotopic (exact) mass is 369 g/mol. The molecule has 0 aliphatic carbocycles. The van der Waals surface area contributed by atoms with Crippen molar-refractivity contribution in [1.82, 2.24) is 14.9 Å². The van der Waals surface area contributed by atoms with Gasteiger partial charge >= 0.3 is 0 Å². The van der Waals surface area contributed by atoms with Crippen molar-refractivity contribution in [1.29, 1.82) is 0 Å². The van der Waals surface area contributed by atoms with Gasteiger partial charge in [-0.2, -0.15) is 0 Å². The molecule has 0 saturated carbocycles. The van der Waals surface area contributed by atoms with Crippen LogP contribution in [0.3, 0.4) is 0 Å². The van der Waals surface area contributed by atoms with Gasteiger partial charge in [0, 0.05) is 23.2 Å². The second-order valence-electron chi connectivity index (χ2n) is 7.15. The molecule has 2 heterocycles. The van der Waals surface area contributed by atoms with Gasteiger partial charge in [0.15, 0.2) is 5.72 Å². The number of fused-ring (bicyclic) bond motifs is 2. The van der Waals surface area contributed by atoms with Crippen LogP contribution in [0.25, 0.3) is 11.0 Å². The molecule has 5 heteroatoms. The van der Waals surface area contributed by atoms with Gasteiger partial charge in [-0.3, -0.25) is 9.69 Å². The van der Waals surface area contributed by atoms with E-state index in [2.05, 4.69) is 9.97 Å². The van der Waals surface area contributed by atoms with Gasteiger partial charge in [-0.25, -0.2) is 4.98 Å². The Morgan fingerprint density at radius 2 is 1.79 bits per heavy atom. The third kappa shape index (κ3) is 2.37. The van der Waals surface area contributed by atoms with E-state index in [1.807, 2.05) is 73.7 Å². The van der Waals surface area contributed by atoms with Crippen LogP contribution in [0.2, 0.25) is 0 Å². The largest absolute Gasteiger partial charge is 0.363 e. The van der Waals surface area contributed by atoms with E-state index in [4.69, 9.17) is 0 Å². The number of amides is 1. The number of aromatic amines is 1. The SMILES string of the molecule is Cc1nc2ccc(C3(O)c4ccccc4C(=O)N3Cc3ccccc3)cc2[nH]1. The third-order valence-corrected chi connectivity index (χ3v) is 5.36. The van der Waals surface area contributed by atoms with Crippen molar-refractivity contribution in [2.24, 2.45) is 0 Å². The lowest BCUT2D eigenvalue weighted by molar-refractivity contribution is -0.0542. The summed E-state index contributed by atoms with van der Waals surface area (Å²) in [5.74, 6) is 0.631.